The molecule has 1 aromatic carbocycles. The molecule has 2 heteroatoms. The van der Waals surface area contributed by atoms with E-state index in [-0.39, 0.29) is 0 Å². The maximum absolute atomic E-state index is 2.33. The molecule has 0 saturated heterocycles. The zero-order valence-corrected chi connectivity index (χ0v) is 12.0. The van der Waals surface area contributed by atoms with Gasteiger partial charge in [-0.05, 0) is 58.6 Å². The van der Waals surface area contributed by atoms with Crippen molar-refractivity contribution < 1.29 is 0 Å². The zero-order valence-electron chi connectivity index (χ0n) is 12.0. The predicted octanol–water partition coefficient (Wildman–Crippen LogP) is 3.46. The fourth-order valence-corrected chi connectivity index (χ4v) is 2.42. The minimum Gasteiger partial charge on any atom is -0.318 e. The Bertz CT molecular complexity index is 533. The van der Waals surface area contributed by atoms with Gasteiger partial charge in [-0.3, -0.25) is 0 Å². The van der Waals surface area contributed by atoms with Gasteiger partial charge in [0, 0.05) is 23.6 Å². The maximum Gasteiger partial charge on any atom is 0.0455 e. The van der Waals surface area contributed by atoms with Gasteiger partial charge in [0.05, 0.1) is 0 Å². The molecule has 0 bridgehead atoms. The van der Waals surface area contributed by atoms with Gasteiger partial charge in [0.2, 0.25) is 0 Å². The van der Waals surface area contributed by atoms with Crippen LogP contribution in [-0.4, -0.2) is 23.6 Å². The monoisotopic (exact) mass is 242 g/mol. The SMILES string of the molecule is Cc1ccc(-n2c(C)cc(CN(C)C)c2C)cc1. The van der Waals surface area contributed by atoms with Crippen LogP contribution in [0.2, 0.25) is 0 Å². The first kappa shape index (κ1) is 12.9. The molecule has 0 atom stereocenters. The van der Waals surface area contributed by atoms with Crippen LogP contribution >= 0.6 is 0 Å². The molecule has 1 aromatic heterocycles. The first-order chi connectivity index (χ1) is 8.49. The molecule has 0 aliphatic rings. The van der Waals surface area contributed by atoms with Crippen molar-refractivity contribution in [1.29, 1.82) is 0 Å². The van der Waals surface area contributed by atoms with Crippen molar-refractivity contribution >= 4 is 0 Å². The number of hydrogen-bond acceptors (Lipinski definition) is 1. The summed E-state index contributed by atoms with van der Waals surface area (Å²) in [5.74, 6) is 0. The van der Waals surface area contributed by atoms with Crippen molar-refractivity contribution in [3.8, 4) is 5.69 Å². The average molecular weight is 242 g/mol. The van der Waals surface area contributed by atoms with E-state index in [1.165, 1.54) is 28.2 Å². The van der Waals surface area contributed by atoms with Crippen molar-refractivity contribution in [1.82, 2.24) is 9.47 Å². The van der Waals surface area contributed by atoms with Crippen LogP contribution in [0.5, 0.6) is 0 Å². The minimum atomic E-state index is 0.992. The standard InChI is InChI=1S/C16H22N2/c1-12-6-8-16(9-7-12)18-13(2)10-15(14(18)3)11-17(4)5/h6-10H,11H2,1-5H3. The van der Waals surface area contributed by atoms with Crippen molar-refractivity contribution in [2.24, 2.45) is 0 Å². The normalized spacial score (nSPS) is 11.2. The summed E-state index contributed by atoms with van der Waals surface area (Å²) in [5, 5.41) is 0. The molecule has 0 spiro atoms. The number of hydrogen-bond donors (Lipinski definition) is 0. The third-order valence-corrected chi connectivity index (χ3v) is 3.31. The van der Waals surface area contributed by atoms with Gasteiger partial charge in [-0.15, -0.1) is 0 Å². The molecule has 0 unspecified atom stereocenters. The zero-order chi connectivity index (χ0) is 13.3. The predicted molar refractivity (Wildman–Crippen MR) is 77.4 cm³/mol. The quantitative estimate of drug-likeness (QED) is 0.800. The Hall–Kier alpha value is -1.54. The fraction of sp³-hybridized carbons (Fsp3) is 0.375. The van der Waals surface area contributed by atoms with Gasteiger partial charge < -0.3 is 9.47 Å². The second-order valence-corrected chi connectivity index (χ2v) is 5.31. The summed E-state index contributed by atoms with van der Waals surface area (Å²) in [7, 11) is 4.22. The smallest absolute Gasteiger partial charge is 0.0455 e. The third kappa shape index (κ3) is 2.49. The van der Waals surface area contributed by atoms with Gasteiger partial charge in [0.25, 0.3) is 0 Å². The number of benzene rings is 1. The van der Waals surface area contributed by atoms with E-state index in [0.717, 1.165) is 6.54 Å². The lowest BCUT2D eigenvalue weighted by molar-refractivity contribution is 0.401. The fourth-order valence-electron chi connectivity index (χ4n) is 2.42. The highest BCUT2D eigenvalue weighted by Gasteiger charge is 2.10. The van der Waals surface area contributed by atoms with Crippen molar-refractivity contribution in [2.45, 2.75) is 27.3 Å². The van der Waals surface area contributed by atoms with E-state index in [2.05, 4.69) is 74.7 Å². The molecule has 18 heavy (non-hydrogen) atoms. The Labute approximate surface area is 110 Å². The minimum absolute atomic E-state index is 0.992. The van der Waals surface area contributed by atoms with Gasteiger partial charge in [-0.25, -0.2) is 0 Å². The summed E-state index contributed by atoms with van der Waals surface area (Å²) in [6.07, 6.45) is 0. The van der Waals surface area contributed by atoms with Gasteiger partial charge in [0.1, 0.15) is 0 Å². The van der Waals surface area contributed by atoms with Crippen LogP contribution < -0.4 is 0 Å². The number of rotatable bonds is 3. The summed E-state index contributed by atoms with van der Waals surface area (Å²) in [4.78, 5) is 2.21. The van der Waals surface area contributed by atoms with Crippen molar-refractivity contribution in [2.75, 3.05) is 14.1 Å². The van der Waals surface area contributed by atoms with E-state index >= 15 is 0 Å². The van der Waals surface area contributed by atoms with Crippen LogP contribution in [-0.2, 0) is 6.54 Å². The average Bonchev–Trinajstić information content (AvgIpc) is 2.55. The second-order valence-electron chi connectivity index (χ2n) is 5.31. The first-order valence-corrected chi connectivity index (χ1v) is 6.38. The maximum atomic E-state index is 2.33. The molecule has 1 heterocycles. The number of aryl methyl sites for hydroxylation is 2. The van der Waals surface area contributed by atoms with Gasteiger partial charge >= 0.3 is 0 Å². The largest absolute Gasteiger partial charge is 0.318 e. The molecule has 96 valence electrons. The molecule has 0 N–H and O–H groups in total. The van der Waals surface area contributed by atoms with Crippen LogP contribution in [0.15, 0.2) is 30.3 Å². The topological polar surface area (TPSA) is 8.17 Å². The Kier molecular flexibility index (Phi) is 3.58. The molecule has 0 radical (unpaired) electrons. The highest BCUT2D eigenvalue weighted by atomic mass is 15.1. The number of nitrogens with zero attached hydrogens (tertiary/aromatic N) is 2. The number of aromatic nitrogens is 1. The summed E-state index contributed by atoms with van der Waals surface area (Å²) in [6, 6.07) is 11.0. The molecular weight excluding hydrogens is 220 g/mol. The molecular formula is C16H22N2. The van der Waals surface area contributed by atoms with E-state index in [4.69, 9.17) is 0 Å². The van der Waals surface area contributed by atoms with E-state index < -0.39 is 0 Å². The van der Waals surface area contributed by atoms with Crippen LogP contribution in [0.4, 0.5) is 0 Å². The van der Waals surface area contributed by atoms with Crippen LogP contribution in [0.3, 0.4) is 0 Å². The van der Waals surface area contributed by atoms with Crippen molar-refractivity contribution in [3.05, 3.63) is 52.8 Å². The molecule has 2 aromatic rings. The third-order valence-electron chi connectivity index (χ3n) is 3.31. The Morgan fingerprint density at radius 3 is 2.17 bits per heavy atom. The summed E-state index contributed by atoms with van der Waals surface area (Å²) >= 11 is 0. The lowest BCUT2D eigenvalue weighted by atomic mass is 10.2. The lowest BCUT2D eigenvalue weighted by Crippen LogP contribution is -2.11. The highest BCUT2D eigenvalue weighted by molar-refractivity contribution is 5.42. The van der Waals surface area contributed by atoms with E-state index in [0.29, 0.717) is 0 Å². The van der Waals surface area contributed by atoms with Gasteiger partial charge in [-0.1, -0.05) is 17.7 Å². The van der Waals surface area contributed by atoms with E-state index in [9.17, 15) is 0 Å². The second kappa shape index (κ2) is 4.99. The van der Waals surface area contributed by atoms with E-state index in [1.807, 2.05) is 0 Å². The molecule has 0 amide bonds. The Balaban J connectivity index is 2.45. The summed E-state index contributed by atoms with van der Waals surface area (Å²) < 4.78 is 2.33. The molecule has 0 aliphatic heterocycles. The van der Waals surface area contributed by atoms with E-state index in [1.54, 1.807) is 0 Å². The highest BCUT2D eigenvalue weighted by Crippen LogP contribution is 2.21. The van der Waals surface area contributed by atoms with Crippen LogP contribution in [0, 0.1) is 20.8 Å². The molecule has 0 saturated carbocycles. The molecule has 2 rings (SSSR count). The molecule has 2 nitrogen and oxygen atoms in total. The van der Waals surface area contributed by atoms with Crippen LogP contribution in [0.1, 0.15) is 22.5 Å². The Morgan fingerprint density at radius 2 is 1.61 bits per heavy atom. The van der Waals surface area contributed by atoms with Gasteiger partial charge in [-0.2, -0.15) is 0 Å². The molecule has 0 fully saturated rings. The first-order valence-electron chi connectivity index (χ1n) is 6.38. The summed E-state index contributed by atoms with van der Waals surface area (Å²) in [5.41, 5.74) is 6.59. The van der Waals surface area contributed by atoms with Gasteiger partial charge in [0.15, 0.2) is 0 Å². The lowest BCUT2D eigenvalue weighted by Gasteiger charge is -2.12. The summed E-state index contributed by atoms with van der Waals surface area (Å²) in [6.45, 7) is 7.49. The Morgan fingerprint density at radius 1 is 1.00 bits per heavy atom. The van der Waals surface area contributed by atoms with Crippen LogP contribution in [0.25, 0.3) is 5.69 Å². The molecule has 0 aliphatic carbocycles. The van der Waals surface area contributed by atoms with Crippen molar-refractivity contribution in [3.63, 3.8) is 0 Å².